The van der Waals surface area contributed by atoms with Crippen molar-refractivity contribution in [3.8, 4) is 0 Å². The summed E-state index contributed by atoms with van der Waals surface area (Å²) in [7, 11) is 0. The van der Waals surface area contributed by atoms with Crippen LogP contribution in [-0.2, 0) is 4.74 Å². The van der Waals surface area contributed by atoms with Gasteiger partial charge >= 0.3 is 0 Å². The molecule has 13 heavy (non-hydrogen) atoms. The zero-order chi connectivity index (χ0) is 9.84. The maximum atomic E-state index is 5.79. The lowest BCUT2D eigenvalue weighted by Crippen LogP contribution is -2.51. The van der Waals surface area contributed by atoms with Gasteiger partial charge in [-0.3, -0.25) is 4.90 Å². The molecule has 0 bridgehead atoms. The van der Waals surface area contributed by atoms with E-state index in [0.29, 0.717) is 6.04 Å². The van der Waals surface area contributed by atoms with Crippen LogP contribution in [0.4, 0.5) is 0 Å². The topological polar surface area (TPSA) is 38.5 Å². The number of nitrogens with two attached hydrogens (primary N) is 1. The van der Waals surface area contributed by atoms with E-state index in [9.17, 15) is 0 Å². The van der Waals surface area contributed by atoms with Crippen molar-refractivity contribution >= 4 is 0 Å². The standard InChI is InChI=1S/C10H20N2O/c1-4-8(2)12-5-6-13-10(7-12)9(3)11/h4,8-10H,1,5-7,11H2,2-3H3. The summed E-state index contributed by atoms with van der Waals surface area (Å²) in [5.41, 5.74) is 5.79. The molecule has 2 N–H and O–H groups in total. The van der Waals surface area contributed by atoms with Gasteiger partial charge in [0, 0.05) is 25.2 Å². The van der Waals surface area contributed by atoms with Gasteiger partial charge in [0.2, 0.25) is 0 Å². The van der Waals surface area contributed by atoms with E-state index in [-0.39, 0.29) is 12.1 Å². The van der Waals surface area contributed by atoms with E-state index < -0.39 is 0 Å². The fraction of sp³-hybridized carbons (Fsp3) is 0.800. The summed E-state index contributed by atoms with van der Waals surface area (Å²) in [5, 5.41) is 0. The van der Waals surface area contributed by atoms with Crippen molar-refractivity contribution in [2.45, 2.75) is 32.0 Å². The molecule has 1 rings (SSSR count). The lowest BCUT2D eigenvalue weighted by molar-refractivity contribution is -0.0438. The molecule has 0 amide bonds. The largest absolute Gasteiger partial charge is 0.374 e. The van der Waals surface area contributed by atoms with Crippen LogP contribution in [0.25, 0.3) is 0 Å². The predicted octanol–water partition coefficient (Wildman–Crippen LogP) is 0.609. The highest BCUT2D eigenvalue weighted by molar-refractivity contribution is 4.88. The van der Waals surface area contributed by atoms with E-state index in [1.54, 1.807) is 0 Å². The van der Waals surface area contributed by atoms with Crippen LogP contribution in [0.3, 0.4) is 0 Å². The number of rotatable bonds is 3. The molecule has 3 nitrogen and oxygen atoms in total. The SMILES string of the molecule is C=CC(C)N1CCOC(C(C)N)C1. The van der Waals surface area contributed by atoms with Gasteiger partial charge in [-0.2, -0.15) is 0 Å². The summed E-state index contributed by atoms with van der Waals surface area (Å²) in [6.45, 7) is 10.6. The fourth-order valence-corrected chi connectivity index (χ4v) is 1.53. The van der Waals surface area contributed by atoms with E-state index in [0.717, 1.165) is 19.7 Å². The summed E-state index contributed by atoms with van der Waals surface area (Å²) < 4.78 is 5.56. The molecule has 0 aliphatic carbocycles. The Morgan fingerprint density at radius 2 is 2.31 bits per heavy atom. The molecule has 0 aromatic carbocycles. The molecule has 0 radical (unpaired) electrons. The Bertz CT molecular complexity index is 170. The first-order valence-electron chi connectivity index (χ1n) is 4.89. The second kappa shape index (κ2) is 4.74. The van der Waals surface area contributed by atoms with E-state index in [2.05, 4.69) is 18.4 Å². The normalized spacial score (nSPS) is 29.6. The zero-order valence-corrected chi connectivity index (χ0v) is 8.57. The Morgan fingerprint density at radius 3 is 2.85 bits per heavy atom. The summed E-state index contributed by atoms with van der Waals surface area (Å²) in [5.74, 6) is 0. The van der Waals surface area contributed by atoms with Crippen LogP contribution in [0.2, 0.25) is 0 Å². The van der Waals surface area contributed by atoms with Crippen molar-refractivity contribution in [2.24, 2.45) is 5.73 Å². The van der Waals surface area contributed by atoms with Gasteiger partial charge in [-0.25, -0.2) is 0 Å². The molecule has 1 aliphatic rings. The Kier molecular flexibility index (Phi) is 3.90. The van der Waals surface area contributed by atoms with Crippen molar-refractivity contribution in [3.05, 3.63) is 12.7 Å². The number of hydrogen-bond donors (Lipinski definition) is 1. The third-order valence-electron chi connectivity index (χ3n) is 2.63. The molecule has 3 atom stereocenters. The highest BCUT2D eigenvalue weighted by Crippen LogP contribution is 2.11. The molecule has 0 aromatic rings. The van der Waals surface area contributed by atoms with Crippen LogP contribution in [0, 0.1) is 0 Å². The number of nitrogens with zero attached hydrogens (tertiary/aromatic N) is 1. The van der Waals surface area contributed by atoms with E-state index in [1.807, 2.05) is 13.0 Å². The third kappa shape index (κ3) is 2.79. The first-order chi connectivity index (χ1) is 6.15. The van der Waals surface area contributed by atoms with Gasteiger partial charge in [-0.05, 0) is 13.8 Å². The molecule has 76 valence electrons. The number of morpholine rings is 1. The van der Waals surface area contributed by atoms with Gasteiger partial charge in [-0.15, -0.1) is 6.58 Å². The smallest absolute Gasteiger partial charge is 0.0850 e. The molecular formula is C10H20N2O. The van der Waals surface area contributed by atoms with Crippen LogP contribution in [0.1, 0.15) is 13.8 Å². The van der Waals surface area contributed by atoms with Gasteiger partial charge in [-0.1, -0.05) is 6.08 Å². The van der Waals surface area contributed by atoms with Gasteiger partial charge < -0.3 is 10.5 Å². The molecule has 1 heterocycles. The molecule has 0 spiro atoms. The molecule has 1 fully saturated rings. The summed E-state index contributed by atoms with van der Waals surface area (Å²) in [6.07, 6.45) is 2.14. The van der Waals surface area contributed by atoms with E-state index >= 15 is 0 Å². The van der Waals surface area contributed by atoms with Gasteiger partial charge in [0.1, 0.15) is 0 Å². The molecule has 0 saturated carbocycles. The quantitative estimate of drug-likeness (QED) is 0.653. The fourth-order valence-electron chi connectivity index (χ4n) is 1.53. The summed E-state index contributed by atoms with van der Waals surface area (Å²) >= 11 is 0. The summed E-state index contributed by atoms with van der Waals surface area (Å²) in [6, 6.07) is 0.532. The monoisotopic (exact) mass is 184 g/mol. The maximum absolute atomic E-state index is 5.79. The van der Waals surface area contributed by atoms with E-state index in [4.69, 9.17) is 10.5 Å². The average molecular weight is 184 g/mol. The van der Waals surface area contributed by atoms with Crippen molar-refractivity contribution in [2.75, 3.05) is 19.7 Å². The van der Waals surface area contributed by atoms with Crippen molar-refractivity contribution in [1.29, 1.82) is 0 Å². The average Bonchev–Trinajstić information content (AvgIpc) is 2.17. The molecule has 1 aliphatic heterocycles. The van der Waals surface area contributed by atoms with Crippen LogP contribution >= 0.6 is 0 Å². The third-order valence-corrected chi connectivity index (χ3v) is 2.63. The zero-order valence-electron chi connectivity index (χ0n) is 8.57. The predicted molar refractivity (Wildman–Crippen MR) is 54.6 cm³/mol. The van der Waals surface area contributed by atoms with Crippen molar-refractivity contribution < 1.29 is 4.74 Å². The second-order valence-electron chi connectivity index (χ2n) is 3.74. The van der Waals surface area contributed by atoms with E-state index in [1.165, 1.54) is 0 Å². The highest BCUT2D eigenvalue weighted by Gasteiger charge is 2.24. The number of hydrogen-bond acceptors (Lipinski definition) is 3. The second-order valence-corrected chi connectivity index (χ2v) is 3.74. The van der Waals surface area contributed by atoms with Crippen LogP contribution in [0.5, 0.6) is 0 Å². The molecule has 1 saturated heterocycles. The Balaban J connectivity index is 2.46. The minimum absolute atomic E-state index is 0.111. The Labute approximate surface area is 80.5 Å². The lowest BCUT2D eigenvalue weighted by Gasteiger charge is -2.37. The highest BCUT2D eigenvalue weighted by atomic mass is 16.5. The van der Waals surface area contributed by atoms with Crippen molar-refractivity contribution in [1.82, 2.24) is 4.90 Å². The van der Waals surface area contributed by atoms with Gasteiger partial charge in [0.25, 0.3) is 0 Å². The molecule has 0 aromatic heterocycles. The van der Waals surface area contributed by atoms with Crippen LogP contribution < -0.4 is 5.73 Å². The Morgan fingerprint density at radius 1 is 1.62 bits per heavy atom. The Hall–Kier alpha value is -0.380. The maximum Gasteiger partial charge on any atom is 0.0850 e. The molecular weight excluding hydrogens is 164 g/mol. The first kappa shape index (κ1) is 10.7. The lowest BCUT2D eigenvalue weighted by atomic mass is 10.1. The van der Waals surface area contributed by atoms with Crippen molar-refractivity contribution in [3.63, 3.8) is 0 Å². The summed E-state index contributed by atoms with van der Waals surface area (Å²) in [4.78, 5) is 2.35. The minimum atomic E-state index is 0.111. The number of ether oxygens (including phenoxy) is 1. The first-order valence-corrected chi connectivity index (χ1v) is 4.89. The van der Waals surface area contributed by atoms with Crippen LogP contribution in [-0.4, -0.2) is 42.8 Å². The van der Waals surface area contributed by atoms with Gasteiger partial charge in [0.05, 0.1) is 12.7 Å². The van der Waals surface area contributed by atoms with Gasteiger partial charge in [0.15, 0.2) is 0 Å². The molecule has 3 unspecified atom stereocenters. The minimum Gasteiger partial charge on any atom is -0.374 e. The van der Waals surface area contributed by atoms with Crippen LogP contribution in [0.15, 0.2) is 12.7 Å². The molecule has 3 heteroatoms.